The Morgan fingerprint density at radius 3 is 2.05 bits per heavy atom. The van der Waals surface area contributed by atoms with Crippen LogP contribution in [0.25, 0.3) is 11.3 Å². The van der Waals surface area contributed by atoms with E-state index in [0.717, 1.165) is 39.4 Å². The van der Waals surface area contributed by atoms with Gasteiger partial charge in [0.05, 0.1) is 40.2 Å². The summed E-state index contributed by atoms with van der Waals surface area (Å²) in [5, 5.41) is 7.57. The van der Waals surface area contributed by atoms with E-state index in [-0.39, 0.29) is 5.91 Å². The van der Waals surface area contributed by atoms with E-state index in [1.807, 2.05) is 71.6 Å². The Morgan fingerprint density at radius 1 is 0.811 bits per heavy atom. The topological polar surface area (TPSA) is 85.9 Å². The normalized spacial score (nSPS) is 14.4. The molecule has 190 valence electrons. The molecule has 0 aliphatic carbocycles. The fraction of sp³-hybridized carbons (Fsp3) is 0.241. The number of ether oxygens (including phenoxy) is 4. The van der Waals surface area contributed by atoms with Crippen LogP contribution in [-0.4, -0.2) is 56.0 Å². The second-order valence-electron chi connectivity index (χ2n) is 8.70. The average Bonchev–Trinajstić information content (AvgIpc) is 3.50. The van der Waals surface area contributed by atoms with Gasteiger partial charge in [0.15, 0.2) is 0 Å². The lowest BCUT2D eigenvalue weighted by molar-refractivity contribution is 0.0744. The number of rotatable bonds is 9. The molecule has 1 aromatic heterocycles. The van der Waals surface area contributed by atoms with Gasteiger partial charge in [0, 0.05) is 29.3 Å². The van der Waals surface area contributed by atoms with Gasteiger partial charge in [0.2, 0.25) is 0 Å². The Balaban J connectivity index is 1.57. The zero-order valence-corrected chi connectivity index (χ0v) is 21.3. The third kappa shape index (κ3) is 4.46. The van der Waals surface area contributed by atoms with Crippen LogP contribution in [0.3, 0.4) is 0 Å². The minimum atomic E-state index is -0.391. The van der Waals surface area contributed by atoms with Crippen molar-refractivity contribution in [2.24, 2.45) is 0 Å². The van der Waals surface area contributed by atoms with Gasteiger partial charge in [-0.1, -0.05) is 12.1 Å². The molecule has 0 saturated heterocycles. The van der Waals surface area contributed by atoms with E-state index in [4.69, 9.17) is 18.9 Å². The van der Waals surface area contributed by atoms with E-state index >= 15 is 0 Å². The number of aromatic nitrogens is 2. The number of benzene rings is 3. The van der Waals surface area contributed by atoms with Crippen LogP contribution in [0.2, 0.25) is 0 Å². The summed E-state index contributed by atoms with van der Waals surface area (Å²) in [6.45, 7) is 0.510. The van der Waals surface area contributed by atoms with E-state index in [0.29, 0.717) is 30.2 Å². The average molecular weight is 500 g/mol. The molecule has 2 heterocycles. The lowest BCUT2D eigenvalue weighted by Crippen LogP contribution is -2.31. The van der Waals surface area contributed by atoms with Crippen LogP contribution in [0.15, 0.2) is 66.7 Å². The van der Waals surface area contributed by atoms with Crippen LogP contribution in [0.4, 0.5) is 0 Å². The molecule has 1 amide bonds. The van der Waals surface area contributed by atoms with E-state index in [1.165, 1.54) is 0 Å². The first kappa shape index (κ1) is 24.2. The summed E-state index contributed by atoms with van der Waals surface area (Å²) < 4.78 is 21.8. The molecule has 0 radical (unpaired) electrons. The van der Waals surface area contributed by atoms with Gasteiger partial charge in [-0.2, -0.15) is 5.10 Å². The largest absolute Gasteiger partial charge is 0.497 e. The zero-order valence-electron chi connectivity index (χ0n) is 21.3. The summed E-state index contributed by atoms with van der Waals surface area (Å²) in [7, 11) is 6.52. The van der Waals surface area contributed by atoms with Crippen molar-refractivity contribution in [2.75, 3.05) is 35.0 Å². The first-order chi connectivity index (χ1) is 18.1. The standard InChI is InChI=1S/C29H29N3O5/c1-34-20-9-5-18(6-10-20)15-16-32-28(23-14-13-22(36-3)17-24(23)37-4)25-26(30-31-27(25)29(32)33)19-7-11-21(35-2)12-8-19/h5-14,17,28H,15-16H2,1-4H3,(H,30,31). The van der Waals surface area contributed by atoms with Crippen LogP contribution >= 0.6 is 0 Å². The SMILES string of the molecule is COc1ccc(CCN2C(=O)c3[nH]nc(-c4ccc(OC)cc4)c3C2c2ccc(OC)cc2OC)cc1. The Morgan fingerprint density at radius 2 is 1.43 bits per heavy atom. The predicted octanol–water partition coefficient (Wildman–Crippen LogP) is 4.90. The molecule has 4 aromatic rings. The molecule has 0 spiro atoms. The highest BCUT2D eigenvalue weighted by atomic mass is 16.5. The van der Waals surface area contributed by atoms with Gasteiger partial charge >= 0.3 is 0 Å². The van der Waals surface area contributed by atoms with Crippen molar-refractivity contribution >= 4 is 5.91 Å². The Bertz CT molecular complexity index is 1400. The highest BCUT2D eigenvalue weighted by molar-refractivity contribution is 6.00. The van der Waals surface area contributed by atoms with E-state index in [9.17, 15) is 4.79 Å². The Kier molecular flexibility index (Phi) is 6.72. The Labute approximate surface area is 215 Å². The van der Waals surface area contributed by atoms with Gasteiger partial charge in [-0.05, 0) is 60.5 Å². The van der Waals surface area contributed by atoms with E-state index in [1.54, 1.807) is 28.4 Å². The lowest BCUT2D eigenvalue weighted by atomic mass is 9.95. The molecule has 0 fully saturated rings. The fourth-order valence-electron chi connectivity index (χ4n) is 4.81. The van der Waals surface area contributed by atoms with E-state index in [2.05, 4.69) is 10.2 Å². The van der Waals surface area contributed by atoms with Gasteiger partial charge in [-0.3, -0.25) is 9.89 Å². The van der Waals surface area contributed by atoms with Crippen molar-refractivity contribution in [1.82, 2.24) is 15.1 Å². The molecule has 1 atom stereocenters. The van der Waals surface area contributed by atoms with Crippen molar-refractivity contribution in [3.05, 3.63) is 89.1 Å². The number of carbonyl (C=O) groups is 1. The number of carbonyl (C=O) groups excluding carboxylic acids is 1. The molecule has 3 aromatic carbocycles. The summed E-state index contributed by atoms with van der Waals surface area (Å²) in [5.74, 6) is 2.77. The number of aromatic amines is 1. The second-order valence-corrected chi connectivity index (χ2v) is 8.70. The van der Waals surface area contributed by atoms with Crippen LogP contribution < -0.4 is 18.9 Å². The van der Waals surface area contributed by atoms with Gasteiger partial charge in [-0.15, -0.1) is 0 Å². The van der Waals surface area contributed by atoms with Crippen LogP contribution in [-0.2, 0) is 6.42 Å². The maximum atomic E-state index is 13.7. The molecular weight excluding hydrogens is 470 g/mol. The molecule has 5 rings (SSSR count). The maximum absolute atomic E-state index is 13.7. The number of hydrogen-bond acceptors (Lipinski definition) is 6. The molecule has 1 N–H and O–H groups in total. The van der Waals surface area contributed by atoms with E-state index < -0.39 is 6.04 Å². The number of fused-ring (bicyclic) bond motifs is 1. The van der Waals surface area contributed by atoms with Crippen molar-refractivity contribution < 1.29 is 23.7 Å². The lowest BCUT2D eigenvalue weighted by Gasteiger charge is -2.28. The minimum Gasteiger partial charge on any atom is -0.497 e. The Hall–Kier alpha value is -4.46. The summed E-state index contributed by atoms with van der Waals surface area (Å²) in [5.41, 5.74) is 4.90. The summed E-state index contributed by atoms with van der Waals surface area (Å²) >= 11 is 0. The van der Waals surface area contributed by atoms with Gasteiger partial charge in [0.25, 0.3) is 5.91 Å². The molecule has 37 heavy (non-hydrogen) atoms. The quantitative estimate of drug-likeness (QED) is 0.353. The summed E-state index contributed by atoms with van der Waals surface area (Å²) in [4.78, 5) is 15.6. The van der Waals surface area contributed by atoms with Crippen LogP contribution in [0, 0.1) is 0 Å². The van der Waals surface area contributed by atoms with Crippen molar-refractivity contribution in [3.8, 4) is 34.3 Å². The van der Waals surface area contributed by atoms with Crippen molar-refractivity contribution in [3.63, 3.8) is 0 Å². The third-order valence-corrected chi connectivity index (χ3v) is 6.76. The first-order valence-electron chi connectivity index (χ1n) is 12.0. The van der Waals surface area contributed by atoms with Crippen molar-refractivity contribution in [2.45, 2.75) is 12.5 Å². The number of H-pyrrole nitrogens is 1. The fourth-order valence-corrected chi connectivity index (χ4v) is 4.81. The molecular formula is C29H29N3O5. The van der Waals surface area contributed by atoms with Gasteiger partial charge in [0.1, 0.15) is 28.7 Å². The van der Waals surface area contributed by atoms with Crippen LogP contribution in [0.5, 0.6) is 23.0 Å². The summed E-state index contributed by atoms with van der Waals surface area (Å²) in [6, 6.07) is 20.9. The molecule has 1 aliphatic rings. The highest BCUT2D eigenvalue weighted by Crippen LogP contribution is 2.46. The van der Waals surface area contributed by atoms with Crippen LogP contribution in [0.1, 0.15) is 33.2 Å². The van der Waals surface area contributed by atoms with Gasteiger partial charge in [-0.25, -0.2) is 0 Å². The maximum Gasteiger partial charge on any atom is 0.273 e. The number of nitrogens with zero attached hydrogens (tertiary/aromatic N) is 2. The summed E-state index contributed by atoms with van der Waals surface area (Å²) in [6.07, 6.45) is 0.681. The smallest absolute Gasteiger partial charge is 0.273 e. The minimum absolute atomic E-state index is 0.0985. The monoisotopic (exact) mass is 499 g/mol. The van der Waals surface area contributed by atoms with Gasteiger partial charge < -0.3 is 23.8 Å². The predicted molar refractivity (Wildman–Crippen MR) is 140 cm³/mol. The zero-order chi connectivity index (χ0) is 25.9. The number of amides is 1. The number of hydrogen-bond donors (Lipinski definition) is 1. The molecule has 1 unspecified atom stereocenters. The molecule has 8 heteroatoms. The molecule has 0 bridgehead atoms. The first-order valence-corrected chi connectivity index (χ1v) is 12.0. The van der Waals surface area contributed by atoms with Crippen molar-refractivity contribution in [1.29, 1.82) is 0 Å². The third-order valence-electron chi connectivity index (χ3n) is 6.76. The number of methoxy groups -OCH3 is 4. The number of nitrogens with one attached hydrogen (secondary N) is 1. The molecule has 8 nitrogen and oxygen atoms in total. The second kappa shape index (κ2) is 10.3. The highest BCUT2D eigenvalue weighted by Gasteiger charge is 2.43. The molecule has 1 aliphatic heterocycles. The molecule has 0 saturated carbocycles.